The van der Waals surface area contributed by atoms with E-state index in [-0.39, 0.29) is 0 Å². The summed E-state index contributed by atoms with van der Waals surface area (Å²) in [6, 6.07) is 0. The predicted molar refractivity (Wildman–Crippen MR) is 51.8 cm³/mol. The molecule has 0 radical (unpaired) electrons. The van der Waals surface area contributed by atoms with Crippen LogP contribution in [0.15, 0.2) is 12.2 Å². The van der Waals surface area contributed by atoms with Gasteiger partial charge in [0, 0.05) is 6.54 Å². The Bertz CT molecular complexity index is 101. The minimum atomic E-state index is 0.686. The molecule has 0 aliphatic carbocycles. The lowest BCUT2D eigenvalue weighted by molar-refractivity contribution is 0.337. The molecule has 0 unspecified atom stereocenters. The first-order valence-corrected chi connectivity index (χ1v) is 4.59. The van der Waals surface area contributed by atoms with Gasteiger partial charge < -0.3 is 4.90 Å². The minimum Gasteiger partial charge on any atom is -0.300 e. The molecule has 66 valence electrons. The lowest BCUT2D eigenvalue weighted by Gasteiger charge is -2.14. The summed E-state index contributed by atoms with van der Waals surface area (Å²) < 4.78 is 0. The zero-order valence-corrected chi connectivity index (χ0v) is 8.30. The van der Waals surface area contributed by atoms with Crippen molar-refractivity contribution >= 4 is 0 Å². The van der Waals surface area contributed by atoms with Gasteiger partial charge in [0.05, 0.1) is 0 Å². The summed E-state index contributed by atoms with van der Waals surface area (Å²) in [4.78, 5) is 2.40. The van der Waals surface area contributed by atoms with Gasteiger partial charge >= 0.3 is 0 Å². The van der Waals surface area contributed by atoms with E-state index >= 15 is 0 Å². The largest absolute Gasteiger partial charge is 0.300 e. The van der Waals surface area contributed by atoms with Crippen LogP contribution in [-0.4, -0.2) is 24.5 Å². The van der Waals surface area contributed by atoms with Crippen molar-refractivity contribution in [2.75, 3.05) is 19.6 Å². The van der Waals surface area contributed by atoms with Crippen molar-refractivity contribution < 1.29 is 0 Å². The highest BCUT2D eigenvalue weighted by molar-refractivity contribution is 4.86. The zero-order chi connectivity index (χ0) is 8.69. The van der Waals surface area contributed by atoms with Crippen molar-refractivity contribution in [3.63, 3.8) is 0 Å². The average Bonchev–Trinajstić information content (AvgIpc) is 1.98. The monoisotopic (exact) mass is 155 g/mol. The fraction of sp³-hybridized carbons (Fsp3) is 0.800. The van der Waals surface area contributed by atoms with Crippen LogP contribution in [0.1, 0.15) is 27.7 Å². The third-order valence-electron chi connectivity index (χ3n) is 1.78. The van der Waals surface area contributed by atoms with E-state index < -0.39 is 0 Å². The van der Waals surface area contributed by atoms with Gasteiger partial charge in [-0.05, 0) is 19.0 Å². The Hall–Kier alpha value is -0.300. The molecule has 1 heteroatoms. The van der Waals surface area contributed by atoms with Crippen LogP contribution >= 0.6 is 0 Å². The Morgan fingerprint density at radius 2 is 1.73 bits per heavy atom. The molecule has 0 atom stereocenters. The van der Waals surface area contributed by atoms with E-state index in [1.165, 1.54) is 0 Å². The summed E-state index contributed by atoms with van der Waals surface area (Å²) in [5, 5.41) is 0. The fourth-order valence-corrected chi connectivity index (χ4v) is 0.964. The SMILES string of the molecule is CCN(CC)C/C=C/C(C)C. The summed E-state index contributed by atoms with van der Waals surface area (Å²) in [5.41, 5.74) is 0. The van der Waals surface area contributed by atoms with Crippen LogP contribution in [0, 0.1) is 5.92 Å². The molecule has 0 fully saturated rings. The molecule has 0 aromatic carbocycles. The van der Waals surface area contributed by atoms with Gasteiger partial charge in [-0.15, -0.1) is 0 Å². The van der Waals surface area contributed by atoms with Gasteiger partial charge in [0.1, 0.15) is 0 Å². The molecule has 0 spiro atoms. The first kappa shape index (κ1) is 10.7. The van der Waals surface area contributed by atoms with Crippen molar-refractivity contribution in [1.82, 2.24) is 4.90 Å². The van der Waals surface area contributed by atoms with Crippen LogP contribution in [0.25, 0.3) is 0 Å². The summed E-state index contributed by atoms with van der Waals surface area (Å²) in [6.07, 6.45) is 4.52. The van der Waals surface area contributed by atoms with Crippen LogP contribution in [0.4, 0.5) is 0 Å². The molecule has 0 amide bonds. The van der Waals surface area contributed by atoms with Crippen LogP contribution in [0.2, 0.25) is 0 Å². The maximum absolute atomic E-state index is 2.40. The van der Waals surface area contributed by atoms with Crippen LogP contribution < -0.4 is 0 Å². The molecular weight excluding hydrogens is 134 g/mol. The molecule has 0 saturated carbocycles. The summed E-state index contributed by atoms with van der Waals surface area (Å²) in [5.74, 6) is 0.686. The van der Waals surface area contributed by atoms with Gasteiger partial charge in [0.25, 0.3) is 0 Å². The maximum Gasteiger partial charge on any atom is 0.0163 e. The lowest BCUT2D eigenvalue weighted by Crippen LogP contribution is -2.22. The van der Waals surface area contributed by atoms with E-state index in [0.29, 0.717) is 5.92 Å². The first-order chi connectivity index (χ1) is 5.20. The Morgan fingerprint density at radius 1 is 1.18 bits per heavy atom. The zero-order valence-electron chi connectivity index (χ0n) is 8.30. The molecule has 0 aromatic heterocycles. The topological polar surface area (TPSA) is 3.24 Å². The van der Waals surface area contributed by atoms with Gasteiger partial charge in [0.15, 0.2) is 0 Å². The van der Waals surface area contributed by atoms with Crippen molar-refractivity contribution in [1.29, 1.82) is 0 Å². The molecule has 0 aliphatic heterocycles. The highest BCUT2D eigenvalue weighted by atomic mass is 15.1. The lowest BCUT2D eigenvalue weighted by atomic mass is 10.2. The molecule has 0 saturated heterocycles. The van der Waals surface area contributed by atoms with Gasteiger partial charge in [-0.25, -0.2) is 0 Å². The smallest absolute Gasteiger partial charge is 0.0163 e. The van der Waals surface area contributed by atoms with Gasteiger partial charge in [-0.3, -0.25) is 0 Å². The molecule has 0 aliphatic rings. The highest BCUT2D eigenvalue weighted by Gasteiger charge is 1.93. The van der Waals surface area contributed by atoms with Crippen molar-refractivity contribution in [3.05, 3.63) is 12.2 Å². The van der Waals surface area contributed by atoms with Crippen LogP contribution in [0.3, 0.4) is 0 Å². The molecule has 0 aromatic rings. The van der Waals surface area contributed by atoms with Crippen LogP contribution in [0.5, 0.6) is 0 Å². The normalized spacial score (nSPS) is 12.2. The van der Waals surface area contributed by atoms with Gasteiger partial charge in [-0.2, -0.15) is 0 Å². The number of hydrogen-bond acceptors (Lipinski definition) is 1. The molecule has 0 N–H and O–H groups in total. The summed E-state index contributed by atoms with van der Waals surface area (Å²) in [7, 11) is 0. The Labute approximate surface area is 71.1 Å². The van der Waals surface area contributed by atoms with E-state index in [4.69, 9.17) is 0 Å². The van der Waals surface area contributed by atoms with Gasteiger partial charge in [-0.1, -0.05) is 39.8 Å². The average molecular weight is 155 g/mol. The van der Waals surface area contributed by atoms with E-state index in [1.807, 2.05) is 0 Å². The Morgan fingerprint density at radius 3 is 2.09 bits per heavy atom. The Kier molecular flexibility index (Phi) is 6.24. The van der Waals surface area contributed by atoms with Crippen molar-refractivity contribution in [2.24, 2.45) is 5.92 Å². The second kappa shape index (κ2) is 6.41. The van der Waals surface area contributed by atoms with E-state index in [2.05, 4.69) is 44.7 Å². The summed E-state index contributed by atoms with van der Waals surface area (Å²) >= 11 is 0. The third kappa shape index (κ3) is 6.11. The Balaban J connectivity index is 3.49. The quantitative estimate of drug-likeness (QED) is 0.551. The molecule has 0 heterocycles. The molecule has 11 heavy (non-hydrogen) atoms. The molecule has 1 nitrogen and oxygen atoms in total. The first-order valence-electron chi connectivity index (χ1n) is 4.59. The predicted octanol–water partition coefficient (Wildman–Crippen LogP) is 2.54. The van der Waals surface area contributed by atoms with Gasteiger partial charge in [0.2, 0.25) is 0 Å². The fourth-order valence-electron chi connectivity index (χ4n) is 0.964. The standard InChI is InChI=1S/C10H21N/c1-5-11(6-2)9-7-8-10(3)4/h7-8,10H,5-6,9H2,1-4H3/b8-7+. The molecular formula is C10H21N. The second-order valence-electron chi connectivity index (χ2n) is 3.16. The number of hydrogen-bond donors (Lipinski definition) is 0. The second-order valence-corrected chi connectivity index (χ2v) is 3.16. The maximum atomic E-state index is 2.40. The highest BCUT2D eigenvalue weighted by Crippen LogP contribution is 1.94. The van der Waals surface area contributed by atoms with E-state index in [1.54, 1.807) is 0 Å². The summed E-state index contributed by atoms with van der Waals surface area (Å²) in [6.45, 7) is 12.2. The number of allylic oxidation sites excluding steroid dienone is 1. The molecule has 0 bridgehead atoms. The number of likely N-dealkylation sites (N-methyl/N-ethyl adjacent to an activating group) is 1. The van der Waals surface area contributed by atoms with Crippen LogP contribution in [-0.2, 0) is 0 Å². The number of nitrogens with zero attached hydrogens (tertiary/aromatic N) is 1. The van der Waals surface area contributed by atoms with E-state index in [0.717, 1.165) is 19.6 Å². The van der Waals surface area contributed by atoms with E-state index in [9.17, 15) is 0 Å². The third-order valence-corrected chi connectivity index (χ3v) is 1.78. The van der Waals surface area contributed by atoms with Crippen molar-refractivity contribution in [2.45, 2.75) is 27.7 Å². The number of rotatable bonds is 5. The van der Waals surface area contributed by atoms with Crippen molar-refractivity contribution in [3.8, 4) is 0 Å². The minimum absolute atomic E-state index is 0.686. The molecule has 0 rings (SSSR count).